The van der Waals surface area contributed by atoms with Gasteiger partial charge in [0.1, 0.15) is 5.69 Å². The van der Waals surface area contributed by atoms with Crippen LogP contribution in [0.25, 0.3) is 0 Å². The highest BCUT2D eigenvalue weighted by Crippen LogP contribution is 2.21. The standard InChI is InChI=1S/C22H25N3O2/c26-21(25-14-10-17-7-3-4-8-19(17)16-25)18-9-11-23-20(15-18)22(27)24-12-5-1-2-6-13-24/h3-4,7-9,11,15H,1-2,5-6,10,12-14,16H2. The molecule has 0 radical (unpaired) electrons. The number of pyridine rings is 1. The molecule has 2 aromatic rings. The van der Waals surface area contributed by atoms with E-state index in [-0.39, 0.29) is 11.8 Å². The Morgan fingerprint density at radius 3 is 2.33 bits per heavy atom. The van der Waals surface area contributed by atoms with E-state index in [2.05, 4.69) is 17.1 Å². The third-order valence-corrected chi connectivity index (χ3v) is 5.54. The Balaban J connectivity index is 1.50. The molecule has 5 nitrogen and oxygen atoms in total. The van der Waals surface area contributed by atoms with E-state index in [9.17, 15) is 9.59 Å². The van der Waals surface area contributed by atoms with Crippen molar-refractivity contribution in [3.05, 3.63) is 65.0 Å². The molecule has 1 saturated heterocycles. The van der Waals surface area contributed by atoms with Gasteiger partial charge in [-0.2, -0.15) is 0 Å². The number of carbonyl (C=O) groups is 2. The van der Waals surface area contributed by atoms with Crippen molar-refractivity contribution in [2.75, 3.05) is 19.6 Å². The molecule has 4 rings (SSSR count). The van der Waals surface area contributed by atoms with Crippen molar-refractivity contribution in [1.82, 2.24) is 14.8 Å². The molecule has 2 amide bonds. The minimum atomic E-state index is -0.0597. The maximum atomic E-state index is 13.0. The third-order valence-electron chi connectivity index (χ3n) is 5.54. The first-order valence-electron chi connectivity index (χ1n) is 9.84. The molecule has 0 atom stereocenters. The largest absolute Gasteiger partial charge is 0.337 e. The quantitative estimate of drug-likeness (QED) is 0.823. The predicted octanol–water partition coefficient (Wildman–Crippen LogP) is 3.30. The van der Waals surface area contributed by atoms with E-state index in [1.807, 2.05) is 21.9 Å². The Hall–Kier alpha value is -2.69. The average Bonchev–Trinajstić information content (AvgIpc) is 3.02. The molecule has 0 N–H and O–H groups in total. The van der Waals surface area contributed by atoms with Gasteiger partial charge in [-0.25, -0.2) is 0 Å². The van der Waals surface area contributed by atoms with Crippen LogP contribution in [-0.4, -0.2) is 46.2 Å². The molecule has 0 saturated carbocycles. The van der Waals surface area contributed by atoms with Crippen molar-refractivity contribution in [1.29, 1.82) is 0 Å². The third kappa shape index (κ3) is 3.87. The molecule has 140 valence electrons. The summed E-state index contributed by atoms with van der Waals surface area (Å²) in [7, 11) is 0. The number of benzene rings is 1. The second kappa shape index (κ2) is 7.91. The number of amides is 2. The molecule has 2 aliphatic heterocycles. The number of carbonyl (C=O) groups excluding carboxylic acids is 2. The van der Waals surface area contributed by atoms with E-state index in [0.717, 1.165) is 32.4 Å². The summed E-state index contributed by atoms with van der Waals surface area (Å²) in [6.07, 6.45) is 6.87. The fourth-order valence-corrected chi connectivity index (χ4v) is 3.97. The lowest BCUT2D eigenvalue weighted by Gasteiger charge is -2.29. The van der Waals surface area contributed by atoms with Crippen LogP contribution < -0.4 is 0 Å². The number of likely N-dealkylation sites (tertiary alicyclic amines) is 1. The van der Waals surface area contributed by atoms with E-state index in [0.29, 0.717) is 24.3 Å². The van der Waals surface area contributed by atoms with Crippen LogP contribution in [0.3, 0.4) is 0 Å². The minimum absolute atomic E-state index is 0.0307. The molecule has 1 fully saturated rings. The van der Waals surface area contributed by atoms with Crippen molar-refractivity contribution >= 4 is 11.8 Å². The van der Waals surface area contributed by atoms with E-state index in [1.54, 1.807) is 18.3 Å². The molecule has 1 aromatic heterocycles. The van der Waals surface area contributed by atoms with Crippen LogP contribution in [-0.2, 0) is 13.0 Å². The summed E-state index contributed by atoms with van der Waals surface area (Å²) in [5.41, 5.74) is 3.43. The normalized spacial score (nSPS) is 17.2. The number of fused-ring (bicyclic) bond motifs is 1. The van der Waals surface area contributed by atoms with Gasteiger partial charge in [0.25, 0.3) is 11.8 Å². The molecule has 5 heteroatoms. The Kier molecular flexibility index (Phi) is 5.19. The smallest absolute Gasteiger partial charge is 0.272 e. The van der Waals surface area contributed by atoms with Crippen molar-refractivity contribution in [3.63, 3.8) is 0 Å². The highest BCUT2D eigenvalue weighted by Gasteiger charge is 2.24. The highest BCUT2D eigenvalue weighted by atomic mass is 16.2. The van der Waals surface area contributed by atoms with Crippen molar-refractivity contribution < 1.29 is 9.59 Å². The van der Waals surface area contributed by atoms with Crippen LogP contribution in [0.5, 0.6) is 0 Å². The monoisotopic (exact) mass is 363 g/mol. The summed E-state index contributed by atoms with van der Waals surface area (Å²) < 4.78 is 0. The fourth-order valence-electron chi connectivity index (χ4n) is 3.97. The lowest BCUT2D eigenvalue weighted by atomic mass is 9.99. The molecule has 0 bridgehead atoms. The van der Waals surface area contributed by atoms with Gasteiger partial charge < -0.3 is 9.80 Å². The predicted molar refractivity (Wildman–Crippen MR) is 103 cm³/mol. The molecule has 0 spiro atoms. The molecule has 3 heterocycles. The van der Waals surface area contributed by atoms with Crippen LogP contribution in [0, 0.1) is 0 Å². The first kappa shape index (κ1) is 17.7. The van der Waals surface area contributed by atoms with Crippen LogP contribution in [0.15, 0.2) is 42.6 Å². The second-order valence-electron chi connectivity index (χ2n) is 7.38. The lowest BCUT2D eigenvalue weighted by molar-refractivity contribution is 0.0734. The Bertz CT molecular complexity index is 841. The fraction of sp³-hybridized carbons (Fsp3) is 0.409. The highest BCUT2D eigenvalue weighted by molar-refractivity contribution is 5.98. The zero-order valence-electron chi connectivity index (χ0n) is 15.6. The maximum Gasteiger partial charge on any atom is 0.272 e. The van der Waals surface area contributed by atoms with Gasteiger partial charge in [-0.15, -0.1) is 0 Å². The Morgan fingerprint density at radius 2 is 1.56 bits per heavy atom. The maximum absolute atomic E-state index is 13.0. The Morgan fingerprint density at radius 1 is 0.815 bits per heavy atom. The van der Waals surface area contributed by atoms with Crippen LogP contribution in [0.2, 0.25) is 0 Å². The zero-order valence-corrected chi connectivity index (χ0v) is 15.6. The van der Waals surface area contributed by atoms with Gasteiger partial charge in [-0.05, 0) is 42.5 Å². The van der Waals surface area contributed by atoms with Gasteiger partial charge in [0, 0.05) is 37.9 Å². The number of rotatable bonds is 2. The van der Waals surface area contributed by atoms with Crippen molar-refractivity contribution in [2.45, 2.75) is 38.6 Å². The summed E-state index contributed by atoms with van der Waals surface area (Å²) in [5.74, 6) is -0.0904. The van der Waals surface area contributed by atoms with Gasteiger partial charge in [-0.3, -0.25) is 14.6 Å². The Labute approximate surface area is 160 Å². The minimum Gasteiger partial charge on any atom is -0.337 e. The molecular formula is C22H25N3O2. The van der Waals surface area contributed by atoms with Crippen LogP contribution >= 0.6 is 0 Å². The van der Waals surface area contributed by atoms with E-state index in [1.165, 1.54) is 24.0 Å². The van der Waals surface area contributed by atoms with E-state index >= 15 is 0 Å². The summed E-state index contributed by atoms with van der Waals surface area (Å²) in [4.78, 5) is 33.8. The molecule has 1 aromatic carbocycles. The van der Waals surface area contributed by atoms with Crippen LogP contribution in [0.1, 0.15) is 57.7 Å². The average molecular weight is 363 g/mol. The summed E-state index contributed by atoms with van der Waals surface area (Å²) in [6.45, 7) is 2.88. The van der Waals surface area contributed by atoms with Gasteiger partial charge >= 0.3 is 0 Å². The van der Waals surface area contributed by atoms with Crippen molar-refractivity contribution in [2.24, 2.45) is 0 Å². The topological polar surface area (TPSA) is 53.5 Å². The van der Waals surface area contributed by atoms with Crippen molar-refractivity contribution in [3.8, 4) is 0 Å². The number of hydrogen-bond donors (Lipinski definition) is 0. The lowest BCUT2D eigenvalue weighted by Crippen LogP contribution is -2.36. The first-order chi connectivity index (χ1) is 13.2. The van der Waals surface area contributed by atoms with Gasteiger partial charge in [0.15, 0.2) is 0 Å². The van der Waals surface area contributed by atoms with Gasteiger partial charge in [0.05, 0.1) is 0 Å². The molecule has 0 unspecified atom stereocenters. The van der Waals surface area contributed by atoms with E-state index in [4.69, 9.17) is 0 Å². The zero-order chi connectivity index (χ0) is 18.6. The van der Waals surface area contributed by atoms with Crippen LogP contribution in [0.4, 0.5) is 0 Å². The number of hydrogen-bond acceptors (Lipinski definition) is 3. The first-order valence-corrected chi connectivity index (χ1v) is 9.84. The van der Waals surface area contributed by atoms with Gasteiger partial charge in [0.2, 0.25) is 0 Å². The summed E-state index contributed by atoms with van der Waals surface area (Å²) >= 11 is 0. The molecular weight excluding hydrogens is 338 g/mol. The summed E-state index contributed by atoms with van der Waals surface area (Å²) in [5, 5.41) is 0. The second-order valence-corrected chi connectivity index (χ2v) is 7.38. The number of aromatic nitrogens is 1. The van der Waals surface area contributed by atoms with E-state index < -0.39 is 0 Å². The molecule has 0 aliphatic carbocycles. The molecule has 2 aliphatic rings. The molecule has 27 heavy (non-hydrogen) atoms. The number of nitrogens with zero attached hydrogens (tertiary/aromatic N) is 3. The SMILES string of the molecule is O=C(c1ccnc(C(=O)N2CCCCCC2)c1)N1CCc2ccccc2C1. The summed E-state index contributed by atoms with van der Waals surface area (Å²) in [6, 6.07) is 11.6. The van der Waals surface area contributed by atoms with Gasteiger partial charge in [-0.1, -0.05) is 37.1 Å².